The summed E-state index contributed by atoms with van der Waals surface area (Å²) in [5.74, 6) is -1.21. The SMILES string of the molecule is COCCCNC(=S)N(C)NC(=O)CNC(=O)c1ccc(C(F)(F)F)cc1. The van der Waals surface area contributed by atoms with E-state index in [-0.39, 0.29) is 17.2 Å². The number of carbonyl (C=O) groups excluding carboxylic acids is 2. The second-order valence-corrected chi connectivity index (χ2v) is 5.82. The predicted octanol–water partition coefficient (Wildman–Crippen LogP) is 1.31. The molecule has 1 aromatic carbocycles. The molecule has 0 aliphatic carbocycles. The molecule has 3 N–H and O–H groups in total. The number of alkyl halides is 3. The van der Waals surface area contributed by atoms with E-state index in [4.69, 9.17) is 17.0 Å². The van der Waals surface area contributed by atoms with E-state index >= 15 is 0 Å². The minimum Gasteiger partial charge on any atom is -0.385 e. The van der Waals surface area contributed by atoms with Crippen molar-refractivity contribution < 1.29 is 27.5 Å². The molecule has 11 heteroatoms. The van der Waals surface area contributed by atoms with Gasteiger partial charge in [-0.1, -0.05) is 0 Å². The maximum Gasteiger partial charge on any atom is 0.416 e. The Morgan fingerprint density at radius 1 is 1.19 bits per heavy atom. The summed E-state index contributed by atoms with van der Waals surface area (Å²) in [5, 5.41) is 6.81. The van der Waals surface area contributed by atoms with E-state index < -0.39 is 23.6 Å². The van der Waals surface area contributed by atoms with E-state index in [1.165, 1.54) is 12.1 Å². The molecule has 0 atom stereocenters. The van der Waals surface area contributed by atoms with E-state index in [1.54, 1.807) is 7.11 Å². The Bertz CT molecular complexity index is 653. The Balaban J connectivity index is 2.40. The van der Waals surface area contributed by atoms with Crippen molar-refractivity contribution in [3.05, 3.63) is 35.4 Å². The van der Waals surface area contributed by atoms with Gasteiger partial charge in [-0.2, -0.15) is 13.2 Å². The van der Waals surface area contributed by atoms with Crippen molar-refractivity contribution in [3.8, 4) is 0 Å². The predicted molar refractivity (Wildman–Crippen MR) is 96.8 cm³/mol. The summed E-state index contributed by atoms with van der Waals surface area (Å²) in [4.78, 5) is 23.7. The molecular formula is C16H21F3N4O3S. The van der Waals surface area contributed by atoms with Gasteiger partial charge < -0.3 is 15.4 Å². The first kappa shape index (κ1) is 22.6. The van der Waals surface area contributed by atoms with Crippen LogP contribution < -0.4 is 16.1 Å². The smallest absolute Gasteiger partial charge is 0.385 e. The van der Waals surface area contributed by atoms with E-state index in [2.05, 4.69) is 16.1 Å². The van der Waals surface area contributed by atoms with E-state index in [1.807, 2.05) is 0 Å². The van der Waals surface area contributed by atoms with Crippen molar-refractivity contribution in [1.29, 1.82) is 0 Å². The van der Waals surface area contributed by atoms with Crippen LogP contribution in [0.3, 0.4) is 0 Å². The summed E-state index contributed by atoms with van der Waals surface area (Å²) in [6, 6.07) is 3.69. The molecule has 1 rings (SSSR count). The Labute approximate surface area is 160 Å². The third kappa shape index (κ3) is 8.22. The molecule has 0 saturated carbocycles. The molecule has 0 aromatic heterocycles. The zero-order chi connectivity index (χ0) is 20.4. The number of hydrogen-bond acceptors (Lipinski definition) is 4. The van der Waals surface area contributed by atoms with Crippen LogP contribution in [0, 0.1) is 0 Å². The molecule has 0 unspecified atom stereocenters. The molecule has 27 heavy (non-hydrogen) atoms. The Morgan fingerprint density at radius 2 is 1.81 bits per heavy atom. The fraction of sp³-hybridized carbons (Fsp3) is 0.438. The molecule has 0 bridgehead atoms. The Morgan fingerprint density at radius 3 is 2.37 bits per heavy atom. The number of methoxy groups -OCH3 is 1. The van der Waals surface area contributed by atoms with Crippen molar-refractivity contribution in [2.75, 3.05) is 33.9 Å². The van der Waals surface area contributed by atoms with Crippen LogP contribution >= 0.6 is 12.2 Å². The van der Waals surface area contributed by atoms with Gasteiger partial charge in [-0.3, -0.25) is 20.0 Å². The summed E-state index contributed by atoms with van der Waals surface area (Å²) >= 11 is 5.08. The number of rotatable bonds is 7. The normalized spacial score (nSPS) is 10.9. The molecule has 0 aliphatic heterocycles. The lowest BCUT2D eigenvalue weighted by Crippen LogP contribution is -2.50. The summed E-state index contributed by atoms with van der Waals surface area (Å²) in [7, 11) is 3.12. The second-order valence-electron chi connectivity index (χ2n) is 5.43. The lowest BCUT2D eigenvalue weighted by atomic mass is 10.1. The highest BCUT2D eigenvalue weighted by atomic mass is 32.1. The van der Waals surface area contributed by atoms with Crippen LogP contribution in [-0.2, 0) is 15.7 Å². The quantitative estimate of drug-likeness (QED) is 0.360. The number of nitrogens with zero attached hydrogens (tertiary/aromatic N) is 1. The van der Waals surface area contributed by atoms with E-state index in [0.717, 1.165) is 30.7 Å². The number of amides is 2. The van der Waals surface area contributed by atoms with Gasteiger partial charge in [-0.05, 0) is 42.9 Å². The summed E-state index contributed by atoms with van der Waals surface area (Å²) in [5.41, 5.74) is 1.61. The van der Waals surface area contributed by atoms with Gasteiger partial charge in [0.1, 0.15) is 0 Å². The van der Waals surface area contributed by atoms with Crippen LogP contribution in [-0.4, -0.2) is 55.8 Å². The minimum absolute atomic E-state index is 0.0134. The van der Waals surface area contributed by atoms with Gasteiger partial charge in [0.2, 0.25) is 0 Å². The average molecular weight is 406 g/mol. The number of benzene rings is 1. The van der Waals surface area contributed by atoms with Crippen LogP contribution in [0.15, 0.2) is 24.3 Å². The highest BCUT2D eigenvalue weighted by Gasteiger charge is 2.30. The fourth-order valence-electron chi connectivity index (χ4n) is 1.88. The Kier molecular flexibility index (Phi) is 8.95. The monoisotopic (exact) mass is 406 g/mol. The van der Waals surface area contributed by atoms with Crippen LogP contribution in [0.1, 0.15) is 22.3 Å². The average Bonchev–Trinajstić information content (AvgIpc) is 2.62. The van der Waals surface area contributed by atoms with Gasteiger partial charge in [-0.15, -0.1) is 0 Å². The van der Waals surface area contributed by atoms with Crippen LogP contribution in [0.4, 0.5) is 13.2 Å². The largest absolute Gasteiger partial charge is 0.416 e. The first-order valence-corrected chi connectivity index (χ1v) is 8.31. The summed E-state index contributed by atoms with van der Waals surface area (Å²) in [6.07, 6.45) is -3.74. The number of carbonyl (C=O) groups is 2. The molecule has 7 nitrogen and oxygen atoms in total. The number of halogens is 3. The number of thiocarbonyl (C=S) groups is 1. The third-order valence-corrected chi connectivity index (χ3v) is 3.70. The van der Waals surface area contributed by atoms with Gasteiger partial charge >= 0.3 is 6.18 Å². The summed E-state index contributed by atoms with van der Waals surface area (Å²) in [6.45, 7) is 0.774. The standard InChI is InChI=1S/C16H21F3N4O3S/c1-23(15(27)20-8-3-9-26-2)22-13(24)10-21-14(25)11-4-6-12(7-5-11)16(17,18)19/h4-7H,3,8-10H2,1-2H3,(H,20,27)(H,21,25)(H,22,24). The maximum atomic E-state index is 12.5. The lowest BCUT2D eigenvalue weighted by Gasteiger charge is -2.21. The number of hydrogen-bond donors (Lipinski definition) is 3. The highest BCUT2D eigenvalue weighted by Crippen LogP contribution is 2.28. The maximum absolute atomic E-state index is 12.5. The minimum atomic E-state index is -4.48. The molecule has 0 fully saturated rings. The van der Waals surface area contributed by atoms with Crippen LogP contribution in [0.5, 0.6) is 0 Å². The molecule has 0 heterocycles. The molecule has 0 radical (unpaired) electrons. The molecule has 0 saturated heterocycles. The van der Waals surface area contributed by atoms with E-state index in [0.29, 0.717) is 13.2 Å². The van der Waals surface area contributed by atoms with E-state index in [9.17, 15) is 22.8 Å². The van der Waals surface area contributed by atoms with Crippen molar-refractivity contribution in [1.82, 2.24) is 21.1 Å². The topological polar surface area (TPSA) is 82.7 Å². The first-order valence-electron chi connectivity index (χ1n) is 7.90. The van der Waals surface area contributed by atoms with Crippen LogP contribution in [0.25, 0.3) is 0 Å². The molecule has 0 spiro atoms. The van der Waals surface area contributed by atoms with Gasteiger partial charge in [0.25, 0.3) is 11.8 Å². The zero-order valence-corrected chi connectivity index (χ0v) is 15.7. The van der Waals surface area contributed by atoms with Crippen molar-refractivity contribution >= 4 is 29.1 Å². The molecule has 1 aromatic rings. The van der Waals surface area contributed by atoms with Crippen molar-refractivity contribution in [2.45, 2.75) is 12.6 Å². The third-order valence-electron chi connectivity index (χ3n) is 3.28. The van der Waals surface area contributed by atoms with Gasteiger partial charge in [-0.25, -0.2) is 0 Å². The fourth-order valence-corrected chi connectivity index (χ4v) is 2.03. The molecular weight excluding hydrogens is 385 g/mol. The Hall–Kier alpha value is -2.40. The molecule has 0 aliphatic rings. The molecule has 2 amide bonds. The van der Waals surface area contributed by atoms with Crippen molar-refractivity contribution in [2.24, 2.45) is 0 Å². The lowest BCUT2D eigenvalue weighted by molar-refractivity contribution is -0.137. The van der Waals surface area contributed by atoms with Crippen molar-refractivity contribution in [3.63, 3.8) is 0 Å². The first-order chi connectivity index (χ1) is 12.6. The number of ether oxygens (including phenoxy) is 1. The number of nitrogens with one attached hydrogen (secondary N) is 3. The second kappa shape index (κ2) is 10.7. The number of hydrazine groups is 1. The van der Waals surface area contributed by atoms with Gasteiger partial charge in [0.05, 0.1) is 12.1 Å². The van der Waals surface area contributed by atoms with Crippen LogP contribution in [0.2, 0.25) is 0 Å². The zero-order valence-electron chi connectivity index (χ0n) is 14.9. The molecule has 150 valence electrons. The summed E-state index contributed by atoms with van der Waals surface area (Å²) < 4.78 is 42.4. The van der Waals surface area contributed by atoms with Gasteiger partial charge in [0, 0.05) is 32.9 Å². The highest BCUT2D eigenvalue weighted by molar-refractivity contribution is 7.80. The van der Waals surface area contributed by atoms with Gasteiger partial charge in [0.15, 0.2) is 5.11 Å².